The molecule has 0 aromatic carbocycles. The molecule has 110 valence electrons. The molecule has 2 aromatic rings. The molecule has 6 nitrogen and oxygen atoms in total. The van der Waals surface area contributed by atoms with E-state index in [1.165, 1.54) is 6.20 Å². The highest BCUT2D eigenvalue weighted by Gasteiger charge is 2.41. The Labute approximate surface area is 121 Å². The standard InChI is InChI=1S/C15H18N4O2/c1-7(2)9-4-11(9)10-5-13(19-18-8(10)3)12-6-16-15(21)17-14(12)20/h5-7,9,11H,4H2,1-3H3,(H2,16,17,20,21)/t9-,11+/m1/s1. The molecule has 1 aliphatic rings. The Morgan fingerprint density at radius 2 is 2.05 bits per heavy atom. The highest BCUT2D eigenvalue weighted by molar-refractivity contribution is 5.57. The van der Waals surface area contributed by atoms with E-state index in [1.807, 2.05) is 13.0 Å². The Hall–Kier alpha value is -2.24. The third-order valence-corrected chi connectivity index (χ3v) is 4.21. The van der Waals surface area contributed by atoms with Crippen LogP contribution >= 0.6 is 0 Å². The molecule has 2 aromatic heterocycles. The molecule has 0 aliphatic heterocycles. The lowest BCUT2D eigenvalue weighted by Crippen LogP contribution is -2.23. The van der Waals surface area contributed by atoms with Gasteiger partial charge in [-0.3, -0.25) is 9.78 Å². The monoisotopic (exact) mass is 286 g/mol. The SMILES string of the molecule is Cc1nnc(-c2c[nH]c(=O)[nH]c2=O)cc1[C@H]1C[C@@H]1C(C)C. The average Bonchev–Trinajstić information content (AvgIpc) is 3.20. The maximum atomic E-state index is 11.9. The van der Waals surface area contributed by atoms with Gasteiger partial charge in [0, 0.05) is 6.20 Å². The Kier molecular flexibility index (Phi) is 3.23. The van der Waals surface area contributed by atoms with Crippen LogP contribution < -0.4 is 11.2 Å². The molecule has 2 atom stereocenters. The molecule has 1 aliphatic carbocycles. The molecule has 6 heteroatoms. The lowest BCUT2D eigenvalue weighted by Gasteiger charge is -2.08. The summed E-state index contributed by atoms with van der Waals surface area (Å²) in [5.74, 6) is 1.82. The number of nitrogens with one attached hydrogen (secondary N) is 2. The van der Waals surface area contributed by atoms with Crippen molar-refractivity contribution >= 4 is 0 Å². The molecule has 1 saturated carbocycles. The molecule has 0 spiro atoms. The van der Waals surface area contributed by atoms with E-state index in [9.17, 15) is 9.59 Å². The van der Waals surface area contributed by atoms with E-state index in [0.29, 0.717) is 29.0 Å². The van der Waals surface area contributed by atoms with Crippen LogP contribution in [0.1, 0.15) is 37.4 Å². The van der Waals surface area contributed by atoms with Gasteiger partial charge in [-0.1, -0.05) is 13.8 Å². The summed E-state index contributed by atoms with van der Waals surface area (Å²) in [6.45, 7) is 6.39. The lowest BCUT2D eigenvalue weighted by atomic mass is 10.0. The fourth-order valence-electron chi connectivity index (χ4n) is 2.88. The van der Waals surface area contributed by atoms with Crippen molar-refractivity contribution in [3.8, 4) is 11.3 Å². The molecule has 21 heavy (non-hydrogen) atoms. The second-order valence-electron chi connectivity index (χ2n) is 6.01. The van der Waals surface area contributed by atoms with E-state index >= 15 is 0 Å². The van der Waals surface area contributed by atoms with Gasteiger partial charge in [-0.05, 0) is 42.7 Å². The maximum absolute atomic E-state index is 11.9. The summed E-state index contributed by atoms with van der Waals surface area (Å²) < 4.78 is 0. The fourth-order valence-corrected chi connectivity index (χ4v) is 2.88. The summed E-state index contributed by atoms with van der Waals surface area (Å²) in [5, 5.41) is 8.27. The predicted molar refractivity (Wildman–Crippen MR) is 79.1 cm³/mol. The van der Waals surface area contributed by atoms with E-state index < -0.39 is 11.2 Å². The van der Waals surface area contributed by atoms with Crippen LogP contribution in [0.2, 0.25) is 0 Å². The van der Waals surface area contributed by atoms with Gasteiger partial charge in [0.15, 0.2) is 0 Å². The van der Waals surface area contributed by atoms with E-state index in [1.54, 1.807) is 0 Å². The molecule has 0 radical (unpaired) electrons. The third kappa shape index (κ3) is 2.53. The Bertz CT molecular complexity index is 791. The Balaban J connectivity index is 2.02. The third-order valence-electron chi connectivity index (χ3n) is 4.21. The van der Waals surface area contributed by atoms with Crippen LogP contribution in [-0.4, -0.2) is 20.2 Å². The van der Waals surface area contributed by atoms with Gasteiger partial charge < -0.3 is 4.98 Å². The summed E-state index contributed by atoms with van der Waals surface area (Å²) in [7, 11) is 0. The molecule has 3 rings (SSSR count). The smallest absolute Gasteiger partial charge is 0.313 e. The number of hydrogen-bond acceptors (Lipinski definition) is 4. The first-order valence-electron chi connectivity index (χ1n) is 7.14. The van der Waals surface area contributed by atoms with Crippen LogP contribution in [0.25, 0.3) is 11.3 Å². The second-order valence-corrected chi connectivity index (χ2v) is 6.01. The van der Waals surface area contributed by atoms with Crippen LogP contribution in [0, 0.1) is 18.8 Å². The van der Waals surface area contributed by atoms with E-state index in [2.05, 4.69) is 34.0 Å². The summed E-state index contributed by atoms with van der Waals surface area (Å²) in [6.07, 6.45) is 2.54. The maximum Gasteiger partial charge on any atom is 0.325 e. The zero-order valence-electron chi connectivity index (χ0n) is 12.3. The molecular formula is C15H18N4O2. The van der Waals surface area contributed by atoms with E-state index in [4.69, 9.17) is 0 Å². The Morgan fingerprint density at radius 3 is 2.67 bits per heavy atom. The molecule has 2 N–H and O–H groups in total. The summed E-state index contributed by atoms with van der Waals surface area (Å²) in [4.78, 5) is 27.6. The van der Waals surface area contributed by atoms with Crippen LogP contribution in [0.3, 0.4) is 0 Å². The number of nitrogens with zero attached hydrogens (tertiary/aromatic N) is 2. The van der Waals surface area contributed by atoms with Gasteiger partial charge >= 0.3 is 5.69 Å². The van der Waals surface area contributed by atoms with Crippen molar-refractivity contribution < 1.29 is 0 Å². The molecule has 0 unspecified atom stereocenters. The molecule has 0 amide bonds. The van der Waals surface area contributed by atoms with Gasteiger partial charge in [0.1, 0.15) is 5.69 Å². The zero-order chi connectivity index (χ0) is 15.1. The number of aromatic nitrogens is 4. The Morgan fingerprint density at radius 1 is 1.29 bits per heavy atom. The summed E-state index contributed by atoms with van der Waals surface area (Å²) in [6, 6.07) is 1.93. The molecule has 0 bridgehead atoms. The molecule has 1 fully saturated rings. The van der Waals surface area contributed by atoms with Crippen LogP contribution in [-0.2, 0) is 0 Å². The van der Waals surface area contributed by atoms with Crippen LogP contribution in [0.5, 0.6) is 0 Å². The first-order chi connectivity index (χ1) is 9.97. The lowest BCUT2D eigenvalue weighted by molar-refractivity contribution is 0.547. The summed E-state index contributed by atoms with van der Waals surface area (Å²) >= 11 is 0. The highest BCUT2D eigenvalue weighted by Crippen LogP contribution is 2.52. The quantitative estimate of drug-likeness (QED) is 0.896. The fraction of sp³-hybridized carbons (Fsp3) is 0.467. The van der Waals surface area contributed by atoms with Crippen LogP contribution in [0.15, 0.2) is 21.9 Å². The topological polar surface area (TPSA) is 91.5 Å². The van der Waals surface area contributed by atoms with E-state index in [-0.39, 0.29) is 0 Å². The number of aromatic amines is 2. The van der Waals surface area contributed by atoms with Crippen molar-refractivity contribution in [2.75, 3.05) is 0 Å². The average molecular weight is 286 g/mol. The van der Waals surface area contributed by atoms with Gasteiger partial charge in [-0.25, -0.2) is 4.79 Å². The number of rotatable bonds is 3. The van der Waals surface area contributed by atoms with Crippen molar-refractivity contribution in [1.29, 1.82) is 0 Å². The molecular weight excluding hydrogens is 268 g/mol. The van der Waals surface area contributed by atoms with Crippen molar-refractivity contribution in [2.24, 2.45) is 11.8 Å². The summed E-state index contributed by atoms with van der Waals surface area (Å²) in [5.41, 5.74) is 1.94. The highest BCUT2D eigenvalue weighted by atomic mass is 16.2. The first-order valence-corrected chi connectivity index (χ1v) is 7.14. The normalized spacial score (nSPS) is 20.8. The van der Waals surface area contributed by atoms with Gasteiger partial charge in [0.2, 0.25) is 0 Å². The minimum absolute atomic E-state index is 0.338. The van der Waals surface area contributed by atoms with Crippen molar-refractivity contribution in [3.05, 3.63) is 44.4 Å². The molecule has 0 saturated heterocycles. The van der Waals surface area contributed by atoms with Crippen molar-refractivity contribution in [3.63, 3.8) is 0 Å². The van der Waals surface area contributed by atoms with Gasteiger partial charge in [0.05, 0.1) is 11.3 Å². The minimum atomic E-state index is -0.522. The largest absolute Gasteiger partial charge is 0.325 e. The zero-order valence-corrected chi connectivity index (χ0v) is 12.3. The van der Waals surface area contributed by atoms with Gasteiger partial charge in [-0.15, -0.1) is 5.10 Å². The number of aryl methyl sites for hydroxylation is 1. The number of H-pyrrole nitrogens is 2. The van der Waals surface area contributed by atoms with Crippen molar-refractivity contribution in [1.82, 2.24) is 20.2 Å². The number of hydrogen-bond donors (Lipinski definition) is 2. The predicted octanol–water partition coefficient (Wildman–Crippen LogP) is 1.59. The van der Waals surface area contributed by atoms with Gasteiger partial charge in [-0.2, -0.15) is 5.10 Å². The van der Waals surface area contributed by atoms with E-state index in [0.717, 1.165) is 17.7 Å². The second kappa shape index (κ2) is 4.95. The van der Waals surface area contributed by atoms with Crippen molar-refractivity contribution in [2.45, 2.75) is 33.1 Å². The first kappa shape index (κ1) is 13.7. The molecule has 2 heterocycles. The van der Waals surface area contributed by atoms with Gasteiger partial charge in [0.25, 0.3) is 5.56 Å². The van der Waals surface area contributed by atoms with Crippen LogP contribution in [0.4, 0.5) is 0 Å². The minimum Gasteiger partial charge on any atom is -0.313 e.